The van der Waals surface area contributed by atoms with Crippen LogP contribution in [0.3, 0.4) is 0 Å². The van der Waals surface area contributed by atoms with Gasteiger partial charge in [-0.15, -0.1) is 11.8 Å². The molecular formula is C15H14N2O3S. The van der Waals surface area contributed by atoms with Crippen molar-refractivity contribution in [2.75, 3.05) is 16.9 Å². The Bertz CT molecular complexity index is 704. The zero-order valence-corrected chi connectivity index (χ0v) is 12.0. The summed E-state index contributed by atoms with van der Waals surface area (Å²) in [6.07, 6.45) is 0. The summed E-state index contributed by atoms with van der Waals surface area (Å²) in [5.74, 6) is -0.134. The third-order valence-corrected chi connectivity index (χ3v) is 4.44. The van der Waals surface area contributed by atoms with E-state index >= 15 is 0 Å². The number of urea groups is 1. The highest BCUT2D eigenvalue weighted by Gasteiger charge is 2.34. The second-order valence-electron chi connectivity index (χ2n) is 4.82. The van der Waals surface area contributed by atoms with Crippen LogP contribution in [0, 0.1) is 0 Å². The number of carbonyl (C=O) groups excluding carboxylic acids is 1. The van der Waals surface area contributed by atoms with Crippen molar-refractivity contribution in [1.29, 1.82) is 0 Å². The van der Waals surface area contributed by atoms with Crippen molar-refractivity contribution in [2.45, 2.75) is 6.04 Å². The Morgan fingerprint density at radius 2 is 1.95 bits per heavy atom. The predicted molar refractivity (Wildman–Crippen MR) is 83.6 cm³/mol. The van der Waals surface area contributed by atoms with Crippen molar-refractivity contribution in [2.24, 2.45) is 0 Å². The van der Waals surface area contributed by atoms with Crippen LogP contribution in [-0.4, -0.2) is 39.7 Å². The number of nitrogens with zero attached hydrogens (tertiary/aromatic N) is 1. The molecule has 1 fully saturated rings. The highest BCUT2D eigenvalue weighted by atomic mass is 32.2. The van der Waals surface area contributed by atoms with E-state index in [1.165, 1.54) is 16.7 Å². The molecule has 6 heteroatoms. The van der Waals surface area contributed by atoms with E-state index in [1.807, 2.05) is 42.5 Å². The number of carboxylic acids is 1. The fourth-order valence-corrected chi connectivity index (χ4v) is 3.45. The maximum atomic E-state index is 12.2. The van der Waals surface area contributed by atoms with E-state index in [0.717, 1.165) is 10.8 Å². The Hall–Kier alpha value is -2.21. The van der Waals surface area contributed by atoms with E-state index in [0.29, 0.717) is 17.3 Å². The SMILES string of the molecule is O=C(O)C1CSCN1C(=O)Nc1ccc2ccccc2c1. The van der Waals surface area contributed by atoms with E-state index in [4.69, 9.17) is 5.11 Å². The molecule has 1 heterocycles. The number of anilines is 1. The summed E-state index contributed by atoms with van der Waals surface area (Å²) in [5.41, 5.74) is 0.666. The van der Waals surface area contributed by atoms with E-state index in [1.54, 1.807) is 0 Å². The molecule has 0 spiro atoms. The first-order valence-corrected chi connectivity index (χ1v) is 7.67. The molecule has 1 unspecified atom stereocenters. The van der Waals surface area contributed by atoms with Crippen LogP contribution < -0.4 is 5.32 Å². The molecule has 0 bridgehead atoms. The zero-order chi connectivity index (χ0) is 14.8. The fraction of sp³-hybridized carbons (Fsp3) is 0.200. The molecule has 0 radical (unpaired) electrons. The third kappa shape index (κ3) is 2.80. The summed E-state index contributed by atoms with van der Waals surface area (Å²) in [6.45, 7) is 0. The van der Waals surface area contributed by atoms with Crippen LogP contribution in [0.15, 0.2) is 42.5 Å². The van der Waals surface area contributed by atoms with Gasteiger partial charge in [0.2, 0.25) is 0 Å². The number of rotatable bonds is 2. The number of aliphatic carboxylic acids is 1. The molecule has 2 N–H and O–H groups in total. The van der Waals surface area contributed by atoms with Gasteiger partial charge >= 0.3 is 12.0 Å². The number of thioether (sulfide) groups is 1. The van der Waals surface area contributed by atoms with Gasteiger partial charge in [-0.1, -0.05) is 30.3 Å². The Morgan fingerprint density at radius 3 is 2.71 bits per heavy atom. The Balaban J connectivity index is 1.78. The second kappa shape index (κ2) is 5.65. The molecule has 1 saturated heterocycles. The van der Waals surface area contributed by atoms with Crippen molar-refractivity contribution >= 4 is 40.2 Å². The Labute approximate surface area is 125 Å². The summed E-state index contributed by atoms with van der Waals surface area (Å²) in [4.78, 5) is 24.7. The van der Waals surface area contributed by atoms with Crippen LogP contribution in [0.1, 0.15) is 0 Å². The molecule has 1 atom stereocenters. The first-order chi connectivity index (χ1) is 10.1. The average molecular weight is 302 g/mol. The van der Waals surface area contributed by atoms with Crippen LogP contribution >= 0.6 is 11.8 Å². The number of fused-ring (bicyclic) bond motifs is 1. The third-order valence-electron chi connectivity index (χ3n) is 3.43. The van der Waals surface area contributed by atoms with E-state index in [-0.39, 0.29) is 6.03 Å². The maximum Gasteiger partial charge on any atom is 0.327 e. The molecule has 2 aromatic rings. The number of hydrogen-bond acceptors (Lipinski definition) is 3. The molecule has 0 saturated carbocycles. The summed E-state index contributed by atoms with van der Waals surface area (Å²) < 4.78 is 0. The van der Waals surface area contributed by atoms with Gasteiger partial charge in [-0.05, 0) is 22.9 Å². The van der Waals surface area contributed by atoms with Crippen LogP contribution in [0.4, 0.5) is 10.5 Å². The second-order valence-corrected chi connectivity index (χ2v) is 5.82. The number of hydrogen-bond donors (Lipinski definition) is 2. The van der Waals surface area contributed by atoms with Crippen molar-refractivity contribution in [1.82, 2.24) is 4.90 Å². The van der Waals surface area contributed by atoms with Gasteiger partial charge in [-0.3, -0.25) is 0 Å². The minimum atomic E-state index is -0.964. The van der Waals surface area contributed by atoms with Gasteiger partial charge in [0.05, 0.1) is 5.88 Å². The van der Waals surface area contributed by atoms with E-state index in [9.17, 15) is 9.59 Å². The first kappa shape index (κ1) is 13.8. The first-order valence-electron chi connectivity index (χ1n) is 6.52. The predicted octanol–water partition coefficient (Wildman–Crippen LogP) is 2.83. The van der Waals surface area contributed by atoms with E-state index < -0.39 is 12.0 Å². The molecule has 0 aliphatic carbocycles. The summed E-state index contributed by atoms with van der Waals surface area (Å²) in [6, 6.07) is 12.4. The van der Waals surface area contributed by atoms with Gasteiger partial charge in [0.25, 0.3) is 0 Å². The number of carboxylic acid groups (broad SMARTS) is 1. The molecular weight excluding hydrogens is 288 g/mol. The molecule has 5 nitrogen and oxygen atoms in total. The van der Waals surface area contributed by atoms with Crippen LogP contribution in [-0.2, 0) is 4.79 Å². The largest absolute Gasteiger partial charge is 0.480 e. The highest BCUT2D eigenvalue weighted by Crippen LogP contribution is 2.23. The monoisotopic (exact) mass is 302 g/mol. The van der Waals surface area contributed by atoms with Crippen molar-refractivity contribution < 1.29 is 14.7 Å². The number of amides is 2. The lowest BCUT2D eigenvalue weighted by Gasteiger charge is -2.21. The van der Waals surface area contributed by atoms with Crippen LogP contribution in [0.5, 0.6) is 0 Å². The Morgan fingerprint density at radius 1 is 1.19 bits per heavy atom. The minimum absolute atomic E-state index is 0.373. The minimum Gasteiger partial charge on any atom is -0.480 e. The van der Waals surface area contributed by atoms with Gasteiger partial charge in [-0.2, -0.15) is 0 Å². The summed E-state index contributed by atoms with van der Waals surface area (Å²) in [5, 5.41) is 14.0. The smallest absolute Gasteiger partial charge is 0.327 e. The molecule has 0 aromatic heterocycles. The Kier molecular flexibility index (Phi) is 3.70. The van der Waals surface area contributed by atoms with Gasteiger partial charge in [-0.25, -0.2) is 9.59 Å². The van der Waals surface area contributed by atoms with Gasteiger partial charge in [0.15, 0.2) is 0 Å². The standard InChI is InChI=1S/C15H14N2O3S/c18-14(19)13-8-21-9-17(13)15(20)16-12-6-5-10-3-1-2-4-11(10)7-12/h1-7,13H,8-9H2,(H,16,20)(H,18,19). The van der Waals surface area contributed by atoms with Gasteiger partial charge < -0.3 is 15.3 Å². The van der Waals surface area contributed by atoms with Crippen molar-refractivity contribution in [3.8, 4) is 0 Å². The molecule has 108 valence electrons. The lowest BCUT2D eigenvalue weighted by molar-refractivity contribution is -0.140. The highest BCUT2D eigenvalue weighted by molar-refractivity contribution is 7.99. The average Bonchev–Trinajstić information content (AvgIpc) is 2.97. The van der Waals surface area contributed by atoms with Gasteiger partial charge in [0, 0.05) is 11.4 Å². The molecule has 1 aliphatic heterocycles. The molecule has 21 heavy (non-hydrogen) atoms. The fourth-order valence-electron chi connectivity index (χ4n) is 2.31. The molecule has 3 rings (SSSR count). The number of nitrogens with one attached hydrogen (secondary N) is 1. The number of benzene rings is 2. The molecule has 1 aliphatic rings. The summed E-state index contributed by atoms with van der Waals surface area (Å²) in [7, 11) is 0. The lowest BCUT2D eigenvalue weighted by Crippen LogP contribution is -2.43. The van der Waals surface area contributed by atoms with E-state index in [2.05, 4.69) is 5.32 Å². The topological polar surface area (TPSA) is 69.6 Å². The molecule has 2 amide bonds. The normalized spacial score (nSPS) is 17.9. The zero-order valence-electron chi connectivity index (χ0n) is 11.2. The summed E-state index contributed by atoms with van der Waals surface area (Å²) >= 11 is 1.44. The molecule has 2 aromatic carbocycles. The lowest BCUT2D eigenvalue weighted by atomic mass is 10.1. The maximum absolute atomic E-state index is 12.2. The number of carbonyl (C=O) groups is 2. The van der Waals surface area contributed by atoms with Crippen LogP contribution in [0.25, 0.3) is 10.8 Å². The van der Waals surface area contributed by atoms with Crippen LogP contribution in [0.2, 0.25) is 0 Å². The van der Waals surface area contributed by atoms with Crippen molar-refractivity contribution in [3.63, 3.8) is 0 Å². The quantitative estimate of drug-likeness (QED) is 0.895. The van der Waals surface area contributed by atoms with Crippen molar-refractivity contribution in [3.05, 3.63) is 42.5 Å². The van der Waals surface area contributed by atoms with Gasteiger partial charge in [0.1, 0.15) is 6.04 Å².